The average Bonchev–Trinajstić information content (AvgIpc) is 3.67. The number of nitrogens with zero attached hydrogens (tertiary/aromatic N) is 5. The van der Waals surface area contributed by atoms with Gasteiger partial charge in [0.1, 0.15) is 11.4 Å². The Hall–Kier alpha value is -4.60. The van der Waals surface area contributed by atoms with Crippen molar-refractivity contribution in [3.05, 3.63) is 106 Å². The molecule has 1 saturated heterocycles. The number of benzene rings is 2. The number of carbonyl (C=O) groups excluding carboxylic acids is 1. The van der Waals surface area contributed by atoms with Gasteiger partial charge in [-0.05, 0) is 67.3 Å². The number of hydrogen-bond acceptors (Lipinski definition) is 8. The molecule has 1 fully saturated rings. The van der Waals surface area contributed by atoms with Crippen molar-refractivity contribution in [2.75, 3.05) is 6.61 Å². The van der Waals surface area contributed by atoms with E-state index in [1.807, 2.05) is 0 Å². The predicted octanol–water partition coefficient (Wildman–Crippen LogP) is 8.01. The number of halogens is 7. The lowest BCUT2D eigenvalue weighted by molar-refractivity contribution is -0.169. The van der Waals surface area contributed by atoms with Crippen molar-refractivity contribution >= 4 is 17.4 Å². The zero-order valence-electron chi connectivity index (χ0n) is 24.7. The van der Waals surface area contributed by atoms with Gasteiger partial charge < -0.3 is 14.0 Å². The molecule has 5 aromatic rings. The van der Waals surface area contributed by atoms with Crippen molar-refractivity contribution in [3.8, 4) is 22.7 Å². The molecule has 1 atom stereocenters. The Morgan fingerprint density at radius 1 is 0.979 bits per heavy atom. The number of aromatic nitrogens is 5. The Labute approximate surface area is 273 Å². The summed E-state index contributed by atoms with van der Waals surface area (Å²) in [5, 5.41) is 12.5. The third-order valence-electron chi connectivity index (χ3n) is 7.54. The molecule has 1 aliphatic heterocycles. The summed E-state index contributed by atoms with van der Waals surface area (Å²) in [7, 11) is 0. The lowest BCUT2D eigenvalue weighted by Gasteiger charge is -2.22. The molecule has 0 aliphatic carbocycles. The van der Waals surface area contributed by atoms with Crippen LogP contribution >= 0.6 is 11.6 Å². The maximum Gasteiger partial charge on any atom is 0.416 e. The monoisotopic (exact) mass is 691 g/mol. The van der Waals surface area contributed by atoms with Crippen LogP contribution in [0.1, 0.15) is 57.6 Å². The molecule has 0 spiro atoms. The second-order valence-electron chi connectivity index (χ2n) is 10.8. The van der Waals surface area contributed by atoms with Gasteiger partial charge in [-0.1, -0.05) is 34.1 Å². The van der Waals surface area contributed by atoms with Crippen LogP contribution in [0.2, 0.25) is 5.02 Å². The molecule has 9 nitrogen and oxygen atoms in total. The maximum atomic E-state index is 14.1. The van der Waals surface area contributed by atoms with Crippen LogP contribution in [-0.4, -0.2) is 43.8 Å². The zero-order chi connectivity index (χ0) is 34.1. The van der Waals surface area contributed by atoms with Crippen LogP contribution in [0.5, 0.6) is 0 Å². The molecule has 1 aliphatic rings. The van der Waals surface area contributed by atoms with E-state index < -0.39 is 42.1 Å². The summed E-state index contributed by atoms with van der Waals surface area (Å²) < 4.78 is 100. The van der Waals surface area contributed by atoms with Crippen LogP contribution in [0.3, 0.4) is 0 Å². The van der Waals surface area contributed by atoms with Gasteiger partial charge in [-0.2, -0.15) is 26.3 Å². The van der Waals surface area contributed by atoms with E-state index in [9.17, 15) is 31.1 Å². The highest BCUT2D eigenvalue weighted by Crippen LogP contribution is 2.39. The lowest BCUT2D eigenvalue weighted by Crippen LogP contribution is -2.22. The highest BCUT2D eigenvalue weighted by atomic mass is 35.5. The van der Waals surface area contributed by atoms with Crippen LogP contribution < -0.4 is 0 Å². The summed E-state index contributed by atoms with van der Waals surface area (Å²) in [6.07, 6.45) is -5.40. The van der Waals surface area contributed by atoms with Gasteiger partial charge in [0.2, 0.25) is 11.5 Å². The third kappa shape index (κ3) is 7.12. The van der Waals surface area contributed by atoms with Gasteiger partial charge in [0.15, 0.2) is 12.0 Å². The largest absolute Gasteiger partial charge is 0.416 e. The topological polar surface area (TPSA) is 105 Å². The summed E-state index contributed by atoms with van der Waals surface area (Å²) in [5.41, 5.74) is -2.76. The second kappa shape index (κ2) is 13.5. The number of ether oxygens (including phenoxy) is 2. The minimum Gasteiger partial charge on any atom is -0.353 e. The standard InChI is InChI=1S/C32H24ClF6N5O4/c33-23-6-2-1-5-22(23)29(45)26-24(17-47-25-7-3-4-12-46-25)42-48-30(26)27-28(19-8-10-40-11-9-19)44(43-41-27)16-18-13-20(31(34,35)36)15-21(14-18)32(37,38)39/h1-2,5-6,8-11,13-15,25H,3-4,7,12,16-17H2. The van der Waals surface area contributed by atoms with Gasteiger partial charge in [-0.15, -0.1) is 5.10 Å². The van der Waals surface area contributed by atoms with Gasteiger partial charge in [-0.25, -0.2) is 4.68 Å². The van der Waals surface area contributed by atoms with Crippen LogP contribution in [0.25, 0.3) is 22.7 Å². The van der Waals surface area contributed by atoms with E-state index in [-0.39, 0.29) is 57.2 Å². The predicted molar refractivity (Wildman–Crippen MR) is 158 cm³/mol. The molecular weight excluding hydrogens is 668 g/mol. The first-order valence-corrected chi connectivity index (χ1v) is 14.9. The van der Waals surface area contributed by atoms with E-state index in [4.69, 9.17) is 25.6 Å². The van der Waals surface area contributed by atoms with E-state index in [0.29, 0.717) is 30.7 Å². The van der Waals surface area contributed by atoms with Crippen molar-refractivity contribution < 1.29 is 45.1 Å². The van der Waals surface area contributed by atoms with Crippen molar-refractivity contribution in [1.82, 2.24) is 25.1 Å². The molecule has 0 saturated carbocycles. The number of hydrogen-bond donors (Lipinski definition) is 0. The van der Waals surface area contributed by atoms with Crippen molar-refractivity contribution in [3.63, 3.8) is 0 Å². The van der Waals surface area contributed by atoms with Crippen molar-refractivity contribution in [1.29, 1.82) is 0 Å². The smallest absolute Gasteiger partial charge is 0.353 e. The molecule has 250 valence electrons. The van der Waals surface area contributed by atoms with Gasteiger partial charge in [-0.3, -0.25) is 9.78 Å². The van der Waals surface area contributed by atoms with E-state index >= 15 is 0 Å². The fraction of sp³-hybridized carbons (Fsp3) is 0.281. The summed E-state index contributed by atoms with van der Waals surface area (Å²) in [6.45, 7) is -0.244. The summed E-state index contributed by atoms with van der Waals surface area (Å²) >= 11 is 6.37. The van der Waals surface area contributed by atoms with E-state index in [2.05, 4.69) is 20.5 Å². The number of rotatable bonds is 9. The zero-order valence-corrected chi connectivity index (χ0v) is 25.4. The average molecular weight is 692 g/mol. The van der Waals surface area contributed by atoms with Gasteiger partial charge in [0.25, 0.3) is 0 Å². The number of carbonyl (C=O) groups is 1. The number of ketones is 1. The molecule has 0 amide bonds. The van der Waals surface area contributed by atoms with Gasteiger partial charge in [0.05, 0.1) is 34.9 Å². The normalized spacial score (nSPS) is 15.5. The molecule has 2 aromatic carbocycles. The van der Waals surface area contributed by atoms with E-state index in [1.54, 1.807) is 12.1 Å². The highest BCUT2D eigenvalue weighted by Gasteiger charge is 2.37. The summed E-state index contributed by atoms with van der Waals surface area (Å²) in [6, 6.07) is 10.6. The van der Waals surface area contributed by atoms with E-state index in [1.165, 1.54) is 36.7 Å². The Morgan fingerprint density at radius 2 is 1.69 bits per heavy atom. The fourth-order valence-corrected chi connectivity index (χ4v) is 5.49. The SMILES string of the molecule is O=C(c1ccccc1Cl)c1c(COC2CCCCO2)noc1-c1nnn(Cc2cc(C(F)(F)F)cc(C(F)(F)F)c2)c1-c1ccncc1. The molecule has 16 heteroatoms. The molecule has 48 heavy (non-hydrogen) atoms. The quantitative estimate of drug-likeness (QED) is 0.113. The van der Waals surface area contributed by atoms with E-state index in [0.717, 1.165) is 17.5 Å². The first-order valence-electron chi connectivity index (χ1n) is 14.5. The molecular formula is C32H24ClF6N5O4. The Kier molecular flexibility index (Phi) is 9.36. The number of pyridine rings is 1. The Balaban J connectivity index is 1.48. The second-order valence-corrected chi connectivity index (χ2v) is 11.3. The molecule has 3 aromatic heterocycles. The Bertz CT molecular complexity index is 1890. The first-order chi connectivity index (χ1) is 22.9. The van der Waals surface area contributed by atoms with Crippen LogP contribution in [-0.2, 0) is 35.0 Å². The van der Waals surface area contributed by atoms with Crippen molar-refractivity contribution in [2.24, 2.45) is 0 Å². The first kappa shape index (κ1) is 33.3. The fourth-order valence-electron chi connectivity index (χ4n) is 5.27. The molecule has 0 bridgehead atoms. The van der Waals surface area contributed by atoms with Crippen LogP contribution in [0, 0.1) is 0 Å². The van der Waals surface area contributed by atoms with Gasteiger partial charge >= 0.3 is 12.4 Å². The van der Waals surface area contributed by atoms with Crippen LogP contribution in [0.15, 0.2) is 71.5 Å². The third-order valence-corrected chi connectivity index (χ3v) is 7.87. The molecule has 0 N–H and O–H groups in total. The minimum absolute atomic E-state index is 0.0448. The maximum absolute atomic E-state index is 14.1. The lowest BCUT2D eigenvalue weighted by atomic mass is 9.98. The molecule has 6 rings (SSSR count). The van der Waals surface area contributed by atoms with Crippen LogP contribution in [0.4, 0.5) is 26.3 Å². The Morgan fingerprint density at radius 3 is 2.33 bits per heavy atom. The summed E-state index contributed by atoms with van der Waals surface area (Å²) in [5.74, 6) is -0.760. The highest BCUT2D eigenvalue weighted by molar-refractivity contribution is 6.35. The molecule has 0 radical (unpaired) electrons. The van der Waals surface area contributed by atoms with Gasteiger partial charge in [0, 0.05) is 30.1 Å². The van der Waals surface area contributed by atoms with Crippen molar-refractivity contribution in [2.45, 2.75) is 51.1 Å². The molecule has 4 heterocycles. The molecule has 1 unspecified atom stereocenters. The summed E-state index contributed by atoms with van der Waals surface area (Å²) in [4.78, 5) is 18.0. The number of alkyl halides is 6. The minimum atomic E-state index is -5.05.